The van der Waals surface area contributed by atoms with E-state index in [1.54, 1.807) is 19.9 Å². The highest BCUT2D eigenvalue weighted by Gasteiger charge is 2.12. The Balaban J connectivity index is 2.68. The lowest BCUT2D eigenvalue weighted by molar-refractivity contribution is 0.455. The fourth-order valence-corrected chi connectivity index (χ4v) is 1.72. The summed E-state index contributed by atoms with van der Waals surface area (Å²) in [5, 5.41) is 19.8. The lowest BCUT2D eigenvalue weighted by Crippen LogP contribution is -1.87. The van der Waals surface area contributed by atoms with E-state index < -0.39 is 0 Å². The van der Waals surface area contributed by atoms with Gasteiger partial charge in [0.05, 0.1) is 0 Å². The predicted octanol–water partition coefficient (Wildman–Crippen LogP) is 3.38. The maximum Gasteiger partial charge on any atom is 0.126 e. The third kappa shape index (κ3) is 1.63. The molecule has 0 heterocycles. The van der Waals surface area contributed by atoms with Gasteiger partial charge in [-0.15, -0.1) is 0 Å². The summed E-state index contributed by atoms with van der Waals surface area (Å²) in [5.41, 5.74) is 3.01. The summed E-state index contributed by atoms with van der Waals surface area (Å²) in [5.74, 6) is 0.454. The number of phenolic OH excluding ortho intramolecular Hbond substituents is 2. The Kier molecular flexibility index (Phi) is 2.57. The molecule has 2 aromatic carbocycles. The van der Waals surface area contributed by atoms with Gasteiger partial charge in [-0.25, -0.2) is 0 Å². The number of hydrogen-bond donors (Lipinski definition) is 2. The SMILES string of the molecule is Cc1c(O)cc(-c2ccccc2)c(O)c1C. The molecule has 16 heavy (non-hydrogen) atoms. The molecule has 0 spiro atoms. The monoisotopic (exact) mass is 214 g/mol. The molecular weight excluding hydrogens is 200 g/mol. The first-order chi connectivity index (χ1) is 7.61. The van der Waals surface area contributed by atoms with Gasteiger partial charge in [-0.2, -0.15) is 0 Å². The third-order valence-electron chi connectivity index (χ3n) is 2.92. The van der Waals surface area contributed by atoms with Gasteiger partial charge in [0.1, 0.15) is 11.5 Å². The van der Waals surface area contributed by atoms with Gasteiger partial charge in [-0.1, -0.05) is 30.3 Å². The summed E-state index contributed by atoms with van der Waals surface area (Å²) in [6, 6.07) is 11.1. The molecule has 2 N–H and O–H groups in total. The lowest BCUT2D eigenvalue weighted by atomic mass is 9.98. The van der Waals surface area contributed by atoms with Crippen LogP contribution in [0.4, 0.5) is 0 Å². The maximum atomic E-state index is 10.0. The first kappa shape index (κ1) is 10.6. The van der Waals surface area contributed by atoms with Crippen molar-refractivity contribution in [1.29, 1.82) is 0 Å². The number of hydrogen-bond acceptors (Lipinski definition) is 2. The van der Waals surface area contributed by atoms with Gasteiger partial charge in [0, 0.05) is 5.56 Å². The van der Waals surface area contributed by atoms with Crippen LogP contribution in [0.5, 0.6) is 11.5 Å². The van der Waals surface area contributed by atoms with E-state index in [-0.39, 0.29) is 11.5 Å². The van der Waals surface area contributed by atoms with Crippen molar-refractivity contribution >= 4 is 0 Å². The first-order valence-electron chi connectivity index (χ1n) is 5.19. The molecule has 0 fully saturated rings. The molecule has 0 unspecified atom stereocenters. The van der Waals surface area contributed by atoms with E-state index in [1.807, 2.05) is 30.3 Å². The highest BCUT2D eigenvalue weighted by atomic mass is 16.3. The highest BCUT2D eigenvalue weighted by molar-refractivity contribution is 5.74. The summed E-state index contributed by atoms with van der Waals surface area (Å²) in [6.45, 7) is 3.59. The van der Waals surface area contributed by atoms with E-state index in [2.05, 4.69) is 0 Å². The Labute approximate surface area is 94.8 Å². The minimum atomic E-state index is 0.217. The largest absolute Gasteiger partial charge is 0.508 e. The van der Waals surface area contributed by atoms with Gasteiger partial charge in [0.25, 0.3) is 0 Å². The first-order valence-corrected chi connectivity index (χ1v) is 5.19. The van der Waals surface area contributed by atoms with Crippen molar-refractivity contribution in [2.24, 2.45) is 0 Å². The standard InChI is InChI=1S/C14H14O2/c1-9-10(2)14(16)12(8-13(9)15)11-6-4-3-5-7-11/h3-8,15-16H,1-2H3. The Morgan fingerprint density at radius 1 is 0.875 bits per heavy atom. The predicted molar refractivity (Wildman–Crippen MR) is 64.7 cm³/mol. The molecule has 0 saturated heterocycles. The second-order valence-corrected chi connectivity index (χ2v) is 3.91. The highest BCUT2D eigenvalue weighted by Crippen LogP contribution is 2.37. The molecule has 0 aliphatic heterocycles. The van der Waals surface area contributed by atoms with E-state index in [1.165, 1.54) is 0 Å². The number of benzene rings is 2. The van der Waals surface area contributed by atoms with Crippen LogP contribution >= 0.6 is 0 Å². The topological polar surface area (TPSA) is 40.5 Å². The van der Waals surface area contributed by atoms with Crippen molar-refractivity contribution in [2.75, 3.05) is 0 Å². The second-order valence-electron chi connectivity index (χ2n) is 3.91. The van der Waals surface area contributed by atoms with Gasteiger partial charge >= 0.3 is 0 Å². The summed E-state index contributed by atoms with van der Waals surface area (Å²) in [7, 11) is 0. The smallest absolute Gasteiger partial charge is 0.126 e. The van der Waals surface area contributed by atoms with Gasteiger partial charge in [0.2, 0.25) is 0 Å². The maximum absolute atomic E-state index is 10.0. The zero-order valence-corrected chi connectivity index (χ0v) is 9.36. The van der Waals surface area contributed by atoms with Crippen LogP contribution < -0.4 is 0 Å². The van der Waals surface area contributed by atoms with Gasteiger partial charge < -0.3 is 10.2 Å². The summed E-state index contributed by atoms with van der Waals surface area (Å²) >= 11 is 0. The Hall–Kier alpha value is -1.96. The summed E-state index contributed by atoms with van der Waals surface area (Å²) in [6.07, 6.45) is 0. The van der Waals surface area contributed by atoms with Crippen LogP contribution in [-0.2, 0) is 0 Å². The van der Waals surface area contributed by atoms with Crippen molar-refractivity contribution < 1.29 is 10.2 Å². The summed E-state index contributed by atoms with van der Waals surface area (Å²) in [4.78, 5) is 0. The third-order valence-corrected chi connectivity index (χ3v) is 2.92. The Bertz CT molecular complexity index is 516. The lowest BCUT2D eigenvalue weighted by Gasteiger charge is -2.11. The number of rotatable bonds is 1. The molecule has 2 nitrogen and oxygen atoms in total. The van der Waals surface area contributed by atoms with Crippen molar-refractivity contribution in [1.82, 2.24) is 0 Å². The van der Waals surface area contributed by atoms with Gasteiger partial charge in [-0.05, 0) is 36.6 Å². The van der Waals surface area contributed by atoms with Crippen molar-refractivity contribution in [3.8, 4) is 22.6 Å². The molecule has 0 radical (unpaired) electrons. The fraction of sp³-hybridized carbons (Fsp3) is 0.143. The molecule has 0 bridgehead atoms. The molecule has 2 rings (SSSR count). The van der Waals surface area contributed by atoms with Crippen LogP contribution in [0.1, 0.15) is 11.1 Å². The number of aromatic hydroxyl groups is 2. The zero-order chi connectivity index (χ0) is 11.7. The van der Waals surface area contributed by atoms with Gasteiger partial charge in [0.15, 0.2) is 0 Å². The molecule has 2 heteroatoms. The van der Waals surface area contributed by atoms with E-state index >= 15 is 0 Å². The minimum Gasteiger partial charge on any atom is -0.508 e. The average molecular weight is 214 g/mol. The van der Waals surface area contributed by atoms with E-state index in [0.717, 1.165) is 16.7 Å². The van der Waals surface area contributed by atoms with Crippen LogP contribution in [-0.4, -0.2) is 10.2 Å². The van der Waals surface area contributed by atoms with E-state index in [4.69, 9.17) is 0 Å². The molecular formula is C14H14O2. The van der Waals surface area contributed by atoms with Gasteiger partial charge in [-0.3, -0.25) is 0 Å². The fourth-order valence-electron chi connectivity index (χ4n) is 1.72. The average Bonchev–Trinajstić information content (AvgIpc) is 2.32. The van der Waals surface area contributed by atoms with Crippen molar-refractivity contribution in [3.63, 3.8) is 0 Å². The number of phenols is 2. The quantitative estimate of drug-likeness (QED) is 0.714. The Morgan fingerprint density at radius 3 is 2.12 bits per heavy atom. The molecule has 0 aliphatic rings. The van der Waals surface area contributed by atoms with Crippen molar-refractivity contribution in [2.45, 2.75) is 13.8 Å². The Morgan fingerprint density at radius 2 is 1.50 bits per heavy atom. The van der Waals surface area contributed by atoms with Crippen LogP contribution in [0.25, 0.3) is 11.1 Å². The second kappa shape index (κ2) is 3.89. The van der Waals surface area contributed by atoms with Crippen LogP contribution in [0.15, 0.2) is 36.4 Å². The van der Waals surface area contributed by atoms with Crippen LogP contribution in [0.3, 0.4) is 0 Å². The molecule has 82 valence electrons. The minimum absolute atomic E-state index is 0.217. The van der Waals surface area contributed by atoms with E-state index in [0.29, 0.717) is 5.56 Å². The van der Waals surface area contributed by atoms with E-state index in [9.17, 15) is 10.2 Å². The normalized spacial score (nSPS) is 10.4. The molecule has 0 saturated carbocycles. The molecule has 0 atom stereocenters. The zero-order valence-electron chi connectivity index (χ0n) is 9.36. The molecule has 0 aliphatic carbocycles. The molecule has 2 aromatic rings. The van der Waals surface area contributed by atoms with Crippen LogP contribution in [0, 0.1) is 13.8 Å². The molecule has 0 aromatic heterocycles. The van der Waals surface area contributed by atoms with Crippen LogP contribution in [0.2, 0.25) is 0 Å². The molecule has 0 amide bonds. The summed E-state index contributed by atoms with van der Waals surface area (Å²) < 4.78 is 0. The van der Waals surface area contributed by atoms with Crippen molar-refractivity contribution in [3.05, 3.63) is 47.5 Å².